The van der Waals surface area contributed by atoms with Gasteiger partial charge < -0.3 is 4.74 Å². The summed E-state index contributed by atoms with van der Waals surface area (Å²) in [5.74, 6) is -0.482. The maximum absolute atomic E-state index is 14.5. The monoisotopic (exact) mass is 350 g/mol. The molecule has 0 radical (unpaired) electrons. The Morgan fingerprint density at radius 3 is 2.57 bits per heavy atom. The molecule has 8 heteroatoms. The lowest BCUT2D eigenvalue weighted by atomic mass is 10.2. The second-order valence-electron chi connectivity index (χ2n) is 6.88. The van der Waals surface area contributed by atoms with Gasteiger partial charge >= 0.3 is 0 Å². The molecule has 1 unspecified atom stereocenters. The van der Waals surface area contributed by atoms with E-state index in [1.165, 1.54) is 11.3 Å². The third-order valence-corrected chi connectivity index (χ3v) is 13.5. The zero-order valence-corrected chi connectivity index (χ0v) is 15.8. The normalized spacial score (nSPS) is 19.0. The highest BCUT2D eigenvalue weighted by molar-refractivity contribution is 7.94. The average molecular weight is 351 g/mol. The molecular weight excluding hydrogens is 327 g/mol. The standard InChI is InChI=1S/C13H23FN2O2S2Si/c1-13(2,3)21(4,5)16-20(15,17)12-11(14)9-8-18-7-6-10(9)19-12/h6-8H2,1-5H3,(H2,15,16,17). The first-order valence-electron chi connectivity index (χ1n) is 6.89. The first kappa shape index (κ1) is 17.1. The van der Waals surface area contributed by atoms with Crippen LogP contribution in [0.5, 0.6) is 0 Å². The number of nitrogens with two attached hydrogens (primary N) is 1. The molecule has 4 nitrogen and oxygen atoms in total. The number of hydrogen-bond donors (Lipinski definition) is 1. The summed E-state index contributed by atoms with van der Waals surface area (Å²) in [5.41, 5.74) is 0.504. The summed E-state index contributed by atoms with van der Waals surface area (Å²) in [6, 6.07) is 0. The van der Waals surface area contributed by atoms with Crippen LogP contribution < -0.4 is 5.14 Å². The molecule has 2 heterocycles. The minimum Gasteiger partial charge on any atom is -0.376 e. The van der Waals surface area contributed by atoms with Crippen molar-refractivity contribution in [1.82, 2.24) is 0 Å². The van der Waals surface area contributed by atoms with Gasteiger partial charge in [0.15, 0.2) is 14.1 Å². The van der Waals surface area contributed by atoms with Crippen LogP contribution in [-0.2, 0) is 27.7 Å². The smallest absolute Gasteiger partial charge is 0.195 e. The van der Waals surface area contributed by atoms with E-state index >= 15 is 0 Å². The van der Waals surface area contributed by atoms with Crippen LogP contribution in [0.25, 0.3) is 0 Å². The molecule has 21 heavy (non-hydrogen) atoms. The van der Waals surface area contributed by atoms with E-state index in [4.69, 9.17) is 9.88 Å². The van der Waals surface area contributed by atoms with Gasteiger partial charge in [-0.25, -0.2) is 13.7 Å². The third-order valence-electron chi connectivity index (χ3n) is 4.18. The topological polar surface area (TPSA) is 64.7 Å². The lowest BCUT2D eigenvalue weighted by Crippen LogP contribution is -2.37. The molecule has 0 aromatic carbocycles. The van der Waals surface area contributed by atoms with E-state index in [-0.39, 0.29) is 15.9 Å². The Hall–Kier alpha value is -0.283. The Morgan fingerprint density at radius 1 is 1.43 bits per heavy atom. The molecule has 1 aliphatic rings. The zero-order chi connectivity index (χ0) is 16.1. The Bertz CT molecular complexity index is 670. The minimum atomic E-state index is -3.20. The van der Waals surface area contributed by atoms with Gasteiger partial charge in [0.05, 0.1) is 13.2 Å². The predicted octanol–water partition coefficient (Wildman–Crippen LogP) is 3.67. The number of rotatable bonds is 2. The fourth-order valence-corrected chi connectivity index (χ4v) is 8.38. The molecule has 0 saturated heterocycles. The molecule has 0 bridgehead atoms. The molecule has 0 spiro atoms. The predicted molar refractivity (Wildman–Crippen MR) is 87.9 cm³/mol. The lowest BCUT2D eigenvalue weighted by Gasteiger charge is -2.32. The number of fused-ring (bicyclic) bond motifs is 1. The number of hydrogen-bond acceptors (Lipinski definition) is 4. The Balaban J connectivity index is 2.55. The Labute approximate surface area is 131 Å². The minimum absolute atomic E-state index is 0.0859. The van der Waals surface area contributed by atoms with Crippen molar-refractivity contribution in [2.24, 2.45) is 9.17 Å². The number of nitrogens with zero attached hydrogens (tertiary/aromatic N) is 1. The molecule has 0 fully saturated rings. The van der Waals surface area contributed by atoms with Crippen molar-refractivity contribution in [2.45, 2.75) is 56.1 Å². The maximum Gasteiger partial charge on any atom is 0.195 e. The highest BCUT2D eigenvalue weighted by Gasteiger charge is 2.38. The Morgan fingerprint density at radius 2 is 2.05 bits per heavy atom. The van der Waals surface area contributed by atoms with Crippen molar-refractivity contribution in [2.75, 3.05) is 6.61 Å². The van der Waals surface area contributed by atoms with E-state index in [0.29, 0.717) is 18.6 Å². The van der Waals surface area contributed by atoms with Crippen LogP contribution in [0.2, 0.25) is 18.1 Å². The maximum atomic E-state index is 14.5. The fourth-order valence-electron chi connectivity index (χ4n) is 1.85. The largest absolute Gasteiger partial charge is 0.376 e. The molecule has 0 amide bonds. The molecule has 2 rings (SSSR count). The van der Waals surface area contributed by atoms with Crippen LogP contribution in [-0.4, -0.2) is 19.1 Å². The van der Waals surface area contributed by atoms with E-state index in [1.807, 2.05) is 13.1 Å². The quantitative estimate of drug-likeness (QED) is 0.827. The summed E-state index contributed by atoms with van der Waals surface area (Å²) in [7, 11) is -5.43. The van der Waals surface area contributed by atoms with Gasteiger partial charge in [-0.2, -0.15) is 0 Å². The first-order chi connectivity index (χ1) is 9.46. The lowest BCUT2D eigenvalue weighted by molar-refractivity contribution is 0.109. The summed E-state index contributed by atoms with van der Waals surface area (Å²) in [6.45, 7) is 11.0. The fraction of sp³-hybridized carbons (Fsp3) is 0.692. The van der Waals surface area contributed by atoms with Crippen molar-refractivity contribution in [3.8, 4) is 0 Å². The van der Waals surface area contributed by atoms with Gasteiger partial charge in [-0.15, -0.1) is 11.3 Å². The van der Waals surface area contributed by atoms with Crippen LogP contribution >= 0.6 is 11.3 Å². The van der Waals surface area contributed by atoms with Gasteiger partial charge in [-0.3, -0.25) is 4.03 Å². The van der Waals surface area contributed by atoms with Gasteiger partial charge in [0.1, 0.15) is 14.1 Å². The van der Waals surface area contributed by atoms with E-state index in [9.17, 15) is 8.60 Å². The van der Waals surface area contributed by atoms with Gasteiger partial charge in [0.25, 0.3) is 0 Å². The molecule has 1 aromatic heterocycles. The third kappa shape index (κ3) is 3.24. The molecule has 2 N–H and O–H groups in total. The van der Waals surface area contributed by atoms with Gasteiger partial charge in [0.2, 0.25) is 0 Å². The number of thiophene rings is 1. The summed E-state index contributed by atoms with van der Waals surface area (Å²) in [5, 5.41) is 5.87. The van der Waals surface area contributed by atoms with Crippen molar-refractivity contribution >= 4 is 29.5 Å². The second-order valence-corrected chi connectivity index (χ2v) is 15.1. The molecule has 1 aliphatic heterocycles. The van der Waals surface area contributed by atoms with E-state index < -0.39 is 24.0 Å². The highest BCUT2D eigenvalue weighted by Crippen LogP contribution is 2.40. The van der Waals surface area contributed by atoms with Crippen LogP contribution in [0.4, 0.5) is 4.39 Å². The first-order valence-corrected chi connectivity index (χ1v) is 12.2. The highest BCUT2D eigenvalue weighted by atomic mass is 32.2. The van der Waals surface area contributed by atoms with Crippen molar-refractivity contribution in [3.63, 3.8) is 0 Å². The number of ether oxygens (including phenoxy) is 1. The molecule has 0 saturated carbocycles. The van der Waals surface area contributed by atoms with Gasteiger partial charge in [-0.1, -0.05) is 20.8 Å². The second kappa shape index (κ2) is 5.41. The summed E-state index contributed by atoms with van der Waals surface area (Å²) in [4.78, 5) is 0.886. The molecule has 1 atom stereocenters. The van der Waals surface area contributed by atoms with Gasteiger partial charge in [-0.05, 0) is 18.1 Å². The Kier molecular flexibility index (Phi) is 4.40. The molecular formula is C13H23FN2O2S2Si. The average Bonchev–Trinajstić information content (AvgIpc) is 2.65. The van der Waals surface area contributed by atoms with Crippen molar-refractivity contribution in [1.29, 1.82) is 0 Å². The van der Waals surface area contributed by atoms with Crippen LogP contribution in [0.1, 0.15) is 31.2 Å². The van der Waals surface area contributed by atoms with E-state index in [2.05, 4.69) is 24.8 Å². The summed E-state index contributed by atoms with van der Waals surface area (Å²) < 4.78 is 37.2. The van der Waals surface area contributed by atoms with E-state index in [0.717, 1.165) is 4.88 Å². The van der Waals surface area contributed by atoms with E-state index in [1.54, 1.807) is 0 Å². The number of halogens is 1. The SMILES string of the molecule is CC(C)(C)[Si](C)(C)N=S(N)(=O)c1sc2c(c1F)COCC2. The zero-order valence-electron chi connectivity index (χ0n) is 13.2. The van der Waals surface area contributed by atoms with Crippen molar-refractivity contribution < 1.29 is 13.3 Å². The summed E-state index contributed by atoms with van der Waals surface area (Å²) in [6.07, 6.45) is 0.645. The van der Waals surface area contributed by atoms with Crippen LogP contribution in [0, 0.1) is 5.82 Å². The molecule has 0 aliphatic carbocycles. The van der Waals surface area contributed by atoms with Gasteiger partial charge in [0, 0.05) is 16.9 Å². The summed E-state index contributed by atoms with van der Waals surface area (Å²) >= 11 is 1.19. The van der Waals surface area contributed by atoms with Crippen LogP contribution in [0.15, 0.2) is 8.24 Å². The van der Waals surface area contributed by atoms with Crippen LogP contribution in [0.3, 0.4) is 0 Å². The molecule has 120 valence electrons. The van der Waals surface area contributed by atoms with Crippen molar-refractivity contribution in [3.05, 3.63) is 16.3 Å². The molecule has 1 aromatic rings.